The Bertz CT molecular complexity index is 444. The van der Waals surface area contributed by atoms with Gasteiger partial charge in [0.1, 0.15) is 0 Å². The van der Waals surface area contributed by atoms with Gasteiger partial charge in [-0.25, -0.2) is 0 Å². The number of unbranched alkanes of at least 4 members (excludes halogenated alkanes) is 5. The molecule has 2 rings (SSSR count). The van der Waals surface area contributed by atoms with E-state index in [0.29, 0.717) is 6.42 Å². The highest BCUT2D eigenvalue weighted by molar-refractivity contribution is 14.1. The normalized spacial score (nSPS) is 14.0. The van der Waals surface area contributed by atoms with Crippen molar-refractivity contribution in [2.24, 2.45) is 0 Å². The first-order valence-corrected chi connectivity index (χ1v) is 8.39. The Balaban J connectivity index is 1.83. The van der Waals surface area contributed by atoms with E-state index < -0.39 is 0 Å². The van der Waals surface area contributed by atoms with E-state index in [-0.39, 0.29) is 5.91 Å². The summed E-state index contributed by atoms with van der Waals surface area (Å²) in [5, 5.41) is 0. The van der Waals surface area contributed by atoms with Gasteiger partial charge < -0.3 is 4.90 Å². The van der Waals surface area contributed by atoms with E-state index in [1.54, 1.807) is 0 Å². The summed E-state index contributed by atoms with van der Waals surface area (Å²) in [5.74, 6) is 0.269. The zero-order valence-electron chi connectivity index (χ0n) is 11.6. The number of carbonyl (C=O) groups excluding carboxylic acids is 1. The molecule has 104 valence electrons. The minimum Gasteiger partial charge on any atom is -0.312 e. The van der Waals surface area contributed by atoms with Crippen LogP contribution in [-0.4, -0.2) is 12.5 Å². The van der Waals surface area contributed by atoms with Crippen LogP contribution in [0, 0.1) is 3.57 Å². The summed E-state index contributed by atoms with van der Waals surface area (Å²) in [7, 11) is 0. The van der Waals surface area contributed by atoms with Gasteiger partial charge in [-0.05, 0) is 52.8 Å². The van der Waals surface area contributed by atoms with Crippen LogP contribution in [0.2, 0.25) is 0 Å². The summed E-state index contributed by atoms with van der Waals surface area (Å²) in [6.45, 7) is 3.12. The zero-order chi connectivity index (χ0) is 13.7. The van der Waals surface area contributed by atoms with Gasteiger partial charge in [0, 0.05) is 15.8 Å². The maximum absolute atomic E-state index is 12.0. The molecule has 0 bridgehead atoms. The molecule has 1 amide bonds. The molecule has 1 aliphatic rings. The molecule has 0 radical (unpaired) electrons. The van der Waals surface area contributed by atoms with E-state index in [9.17, 15) is 4.79 Å². The van der Waals surface area contributed by atoms with Crippen molar-refractivity contribution in [1.82, 2.24) is 0 Å². The van der Waals surface area contributed by atoms with Crippen LogP contribution < -0.4 is 4.90 Å². The molecule has 3 heteroatoms. The minimum atomic E-state index is 0.269. The highest BCUT2D eigenvalue weighted by Crippen LogP contribution is 2.30. The second-order valence-electron chi connectivity index (χ2n) is 5.26. The molecule has 0 N–H and O–H groups in total. The lowest BCUT2D eigenvalue weighted by Gasteiger charge is -2.17. The molecule has 0 atom stereocenters. The number of hydrogen-bond donors (Lipinski definition) is 0. The third-order valence-electron chi connectivity index (χ3n) is 3.71. The minimum absolute atomic E-state index is 0.269. The van der Waals surface area contributed by atoms with E-state index in [4.69, 9.17) is 0 Å². The van der Waals surface area contributed by atoms with E-state index in [2.05, 4.69) is 47.7 Å². The lowest BCUT2D eigenvalue weighted by Crippen LogP contribution is -2.27. The van der Waals surface area contributed by atoms with Crippen molar-refractivity contribution in [3.8, 4) is 0 Å². The molecule has 1 heterocycles. The molecule has 1 aliphatic heterocycles. The van der Waals surface area contributed by atoms with Gasteiger partial charge in [0.05, 0.1) is 6.42 Å². The molecule has 0 aromatic heterocycles. The second-order valence-corrected chi connectivity index (χ2v) is 6.51. The largest absolute Gasteiger partial charge is 0.312 e. The lowest BCUT2D eigenvalue weighted by atomic mass is 10.1. The van der Waals surface area contributed by atoms with E-state index in [1.807, 2.05) is 4.90 Å². The van der Waals surface area contributed by atoms with E-state index in [0.717, 1.165) is 18.7 Å². The van der Waals surface area contributed by atoms with Gasteiger partial charge in [0.25, 0.3) is 0 Å². The Morgan fingerprint density at radius 2 is 1.89 bits per heavy atom. The number of rotatable bonds is 7. The van der Waals surface area contributed by atoms with Crippen LogP contribution >= 0.6 is 22.6 Å². The summed E-state index contributed by atoms with van der Waals surface area (Å²) in [4.78, 5) is 14.0. The highest BCUT2D eigenvalue weighted by Gasteiger charge is 2.26. The fourth-order valence-electron chi connectivity index (χ4n) is 2.65. The predicted molar refractivity (Wildman–Crippen MR) is 88.6 cm³/mol. The van der Waals surface area contributed by atoms with Crippen molar-refractivity contribution in [2.75, 3.05) is 11.4 Å². The van der Waals surface area contributed by atoms with Crippen molar-refractivity contribution in [1.29, 1.82) is 0 Å². The standard InChI is InChI=1S/C16H22INO/c1-2-3-4-5-6-7-10-18-15-9-8-14(17)11-13(15)12-16(18)19/h8-9,11H,2-7,10,12H2,1H3. The molecule has 0 spiro atoms. The lowest BCUT2D eigenvalue weighted by molar-refractivity contribution is -0.117. The summed E-state index contributed by atoms with van der Waals surface area (Å²) in [5.41, 5.74) is 2.34. The SMILES string of the molecule is CCCCCCCCN1C(=O)Cc2cc(I)ccc21. The quantitative estimate of drug-likeness (QED) is 0.509. The Labute approximate surface area is 129 Å². The first kappa shape index (κ1) is 14.8. The Kier molecular flexibility index (Phi) is 5.67. The number of benzene rings is 1. The van der Waals surface area contributed by atoms with Gasteiger partial charge in [0.15, 0.2) is 0 Å². The number of halogens is 1. The first-order valence-electron chi connectivity index (χ1n) is 7.31. The second kappa shape index (κ2) is 7.27. The number of hydrogen-bond acceptors (Lipinski definition) is 1. The van der Waals surface area contributed by atoms with Crippen LogP contribution in [-0.2, 0) is 11.2 Å². The number of amides is 1. The van der Waals surface area contributed by atoms with Crippen LogP contribution in [0.5, 0.6) is 0 Å². The summed E-state index contributed by atoms with van der Waals surface area (Å²) >= 11 is 2.31. The third kappa shape index (κ3) is 3.94. The van der Waals surface area contributed by atoms with Crippen molar-refractivity contribution >= 4 is 34.2 Å². The summed E-state index contributed by atoms with van der Waals surface area (Å²) in [6, 6.07) is 6.32. The topological polar surface area (TPSA) is 20.3 Å². The molecule has 1 aromatic carbocycles. The maximum atomic E-state index is 12.0. The number of anilines is 1. The Morgan fingerprint density at radius 3 is 2.68 bits per heavy atom. The molecule has 19 heavy (non-hydrogen) atoms. The van der Waals surface area contributed by atoms with Gasteiger partial charge >= 0.3 is 0 Å². The third-order valence-corrected chi connectivity index (χ3v) is 4.38. The van der Waals surface area contributed by atoms with Gasteiger partial charge in [-0.2, -0.15) is 0 Å². The summed E-state index contributed by atoms with van der Waals surface area (Å²) in [6.07, 6.45) is 8.21. The molecular formula is C16H22INO. The molecule has 0 saturated heterocycles. The monoisotopic (exact) mass is 371 g/mol. The van der Waals surface area contributed by atoms with E-state index >= 15 is 0 Å². The van der Waals surface area contributed by atoms with Crippen LogP contribution in [0.1, 0.15) is 51.0 Å². The maximum Gasteiger partial charge on any atom is 0.231 e. The average molecular weight is 371 g/mol. The van der Waals surface area contributed by atoms with Gasteiger partial charge in [-0.1, -0.05) is 39.0 Å². The van der Waals surface area contributed by atoms with Crippen LogP contribution in [0.25, 0.3) is 0 Å². The van der Waals surface area contributed by atoms with Crippen molar-refractivity contribution in [3.05, 3.63) is 27.3 Å². The van der Waals surface area contributed by atoms with Gasteiger partial charge in [0.2, 0.25) is 5.91 Å². The van der Waals surface area contributed by atoms with Gasteiger partial charge in [-0.15, -0.1) is 0 Å². The summed E-state index contributed by atoms with van der Waals surface area (Å²) < 4.78 is 1.21. The molecule has 0 fully saturated rings. The van der Waals surface area contributed by atoms with E-state index in [1.165, 1.54) is 41.2 Å². The van der Waals surface area contributed by atoms with Crippen LogP contribution in [0.3, 0.4) is 0 Å². The average Bonchev–Trinajstić information content (AvgIpc) is 2.69. The Morgan fingerprint density at radius 1 is 1.16 bits per heavy atom. The molecule has 2 nitrogen and oxygen atoms in total. The van der Waals surface area contributed by atoms with Gasteiger partial charge in [-0.3, -0.25) is 4.79 Å². The van der Waals surface area contributed by atoms with Crippen molar-refractivity contribution in [2.45, 2.75) is 51.9 Å². The number of nitrogens with zero attached hydrogens (tertiary/aromatic N) is 1. The molecular weight excluding hydrogens is 349 g/mol. The first-order chi connectivity index (χ1) is 9.22. The molecule has 0 unspecified atom stereocenters. The smallest absolute Gasteiger partial charge is 0.231 e. The van der Waals surface area contributed by atoms with Crippen molar-refractivity contribution < 1.29 is 4.79 Å². The van der Waals surface area contributed by atoms with Crippen LogP contribution in [0.4, 0.5) is 5.69 Å². The molecule has 0 saturated carbocycles. The Hall–Kier alpha value is -0.580. The highest BCUT2D eigenvalue weighted by atomic mass is 127. The zero-order valence-corrected chi connectivity index (χ0v) is 13.8. The molecule has 0 aliphatic carbocycles. The number of fused-ring (bicyclic) bond motifs is 1. The predicted octanol–water partition coefficient (Wildman–Crippen LogP) is 4.54. The fourth-order valence-corrected chi connectivity index (χ4v) is 3.20. The van der Waals surface area contributed by atoms with Crippen molar-refractivity contribution in [3.63, 3.8) is 0 Å². The molecule has 1 aromatic rings. The number of carbonyl (C=O) groups is 1. The fraction of sp³-hybridized carbons (Fsp3) is 0.562. The van der Waals surface area contributed by atoms with Crippen LogP contribution in [0.15, 0.2) is 18.2 Å².